The van der Waals surface area contributed by atoms with Gasteiger partial charge in [-0.25, -0.2) is 0 Å². The number of nitrogens with one attached hydrogen (secondary N) is 2. The lowest BCUT2D eigenvalue weighted by molar-refractivity contribution is -0.137. The van der Waals surface area contributed by atoms with Crippen molar-refractivity contribution >= 4 is 11.6 Å². The van der Waals surface area contributed by atoms with E-state index in [0.29, 0.717) is 5.75 Å². The fourth-order valence-corrected chi connectivity index (χ4v) is 2.02. The maximum Gasteiger partial charge on any atom is 0.418 e. The van der Waals surface area contributed by atoms with Gasteiger partial charge in [0, 0.05) is 0 Å². The monoisotopic (exact) mass is 338 g/mol. The minimum atomic E-state index is -4.51. The maximum atomic E-state index is 12.8. The van der Waals surface area contributed by atoms with Crippen molar-refractivity contribution in [2.75, 3.05) is 12.0 Å². The average molecular weight is 338 g/mol. The summed E-state index contributed by atoms with van der Waals surface area (Å²) in [5.41, 5.74) is 5.24. The van der Waals surface area contributed by atoms with Crippen LogP contribution in [0.2, 0.25) is 0 Å². The maximum absolute atomic E-state index is 12.8. The van der Waals surface area contributed by atoms with Crippen LogP contribution in [0.4, 0.5) is 18.9 Å². The minimum Gasteiger partial charge on any atom is -0.483 e. The number of amides is 1. The number of aryl methyl sites for hydroxylation is 2. The molecule has 0 aliphatic rings. The molecule has 0 aromatic heterocycles. The molecule has 0 spiro atoms. The van der Waals surface area contributed by atoms with Crippen molar-refractivity contribution in [3.63, 3.8) is 0 Å². The zero-order valence-electron chi connectivity index (χ0n) is 13.2. The zero-order chi connectivity index (χ0) is 17.7. The number of alkyl halides is 3. The SMILES string of the molecule is Cc1ccc(C)c(OCC(=O)NNc2ccccc2C(F)(F)F)c1. The Bertz CT molecular complexity index is 730. The van der Waals surface area contributed by atoms with Gasteiger partial charge in [0.15, 0.2) is 6.61 Å². The number of hydrazine groups is 1. The summed E-state index contributed by atoms with van der Waals surface area (Å²) in [5.74, 6) is -0.0336. The van der Waals surface area contributed by atoms with E-state index in [1.165, 1.54) is 18.2 Å². The van der Waals surface area contributed by atoms with Gasteiger partial charge in [0.05, 0.1) is 11.3 Å². The number of benzene rings is 2. The van der Waals surface area contributed by atoms with Crippen molar-refractivity contribution in [1.29, 1.82) is 0 Å². The number of anilines is 1. The van der Waals surface area contributed by atoms with Crippen molar-refractivity contribution in [2.24, 2.45) is 0 Å². The number of hydrogen-bond acceptors (Lipinski definition) is 3. The quantitative estimate of drug-likeness (QED) is 0.815. The van der Waals surface area contributed by atoms with Gasteiger partial charge in [0.2, 0.25) is 0 Å². The third-order valence-corrected chi connectivity index (χ3v) is 3.27. The topological polar surface area (TPSA) is 50.4 Å². The first-order chi connectivity index (χ1) is 11.3. The van der Waals surface area contributed by atoms with Crippen molar-refractivity contribution in [2.45, 2.75) is 20.0 Å². The molecular weight excluding hydrogens is 321 g/mol. The molecule has 4 nitrogen and oxygen atoms in total. The Kier molecular flexibility index (Phi) is 5.33. The summed E-state index contributed by atoms with van der Waals surface area (Å²) in [6.45, 7) is 3.41. The van der Waals surface area contributed by atoms with Crippen LogP contribution in [0.5, 0.6) is 5.75 Å². The molecule has 0 fully saturated rings. The molecule has 0 unspecified atom stereocenters. The molecule has 0 atom stereocenters. The van der Waals surface area contributed by atoms with Crippen LogP contribution in [0.15, 0.2) is 42.5 Å². The summed E-state index contributed by atoms with van der Waals surface area (Å²) in [7, 11) is 0. The van der Waals surface area contributed by atoms with Crippen molar-refractivity contribution in [3.8, 4) is 5.75 Å². The van der Waals surface area contributed by atoms with Crippen LogP contribution < -0.4 is 15.6 Å². The molecule has 2 aromatic carbocycles. The highest BCUT2D eigenvalue weighted by Crippen LogP contribution is 2.34. The zero-order valence-corrected chi connectivity index (χ0v) is 13.2. The van der Waals surface area contributed by atoms with E-state index >= 15 is 0 Å². The fraction of sp³-hybridized carbons (Fsp3) is 0.235. The molecule has 24 heavy (non-hydrogen) atoms. The van der Waals surface area contributed by atoms with Gasteiger partial charge in [0.25, 0.3) is 5.91 Å². The highest BCUT2D eigenvalue weighted by Gasteiger charge is 2.33. The molecule has 128 valence electrons. The predicted molar refractivity (Wildman–Crippen MR) is 84.6 cm³/mol. The van der Waals surface area contributed by atoms with Crippen LogP contribution in [0.1, 0.15) is 16.7 Å². The van der Waals surface area contributed by atoms with E-state index in [-0.39, 0.29) is 12.3 Å². The fourth-order valence-electron chi connectivity index (χ4n) is 2.02. The van der Waals surface area contributed by atoms with Crippen LogP contribution in [0.25, 0.3) is 0 Å². The Labute approximate surface area is 137 Å². The highest BCUT2D eigenvalue weighted by atomic mass is 19.4. The van der Waals surface area contributed by atoms with Crippen molar-refractivity contribution < 1.29 is 22.7 Å². The minimum absolute atomic E-state index is 0.231. The first kappa shape index (κ1) is 17.7. The van der Waals surface area contributed by atoms with Gasteiger partial charge in [-0.15, -0.1) is 0 Å². The Morgan fingerprint density at radius 1 is 1.12 bits per heavy atom. The summed E-state index contributed by atoms with van der Waals surface area (Å²) in [6.07, 6.45) is -4.51. The van der Waals surface area contributed by atoms with Crippen molar-refractivity contribution in [3.05, 3.63) is 59.2 Å². The Balaban J connectivity index is 1.94. The van der Waals surface area contributed by atoms with Crippen LogP contribution >= 0.6 is 0 Å². The summed E-state index contributed by atoms with van der Waals surface area (Å²) in [4.78, 5) is 11.8. The van der Waals surface area contributed by atoms with E-state index in [4.69, 9.17) is 4.74 Å². The molecule has 0 heterocycles. The molecule has 0 aliphatic heterocycles. The molecule has 2 N–H and O–H groups in total. The number of halogens is 3. The summed E-state index contributed by atoms with van der Waals surface area (Å²) in [5, 5.41) is 0. The van der Waals surface area contributed by atoms with E-state index in [1.54, 1.807) is 6.07 Å². The Hall–Kier alpha value is -2.70. The predicted octanol–water partition coefficient (Wildman–Crippen LogP) is 3.84. The van der Waals surface area contributed by atoms with Gasteiger partial charge in [-0.2, -0.15) is 13.2 Å². The molecule has 0 saturated carbocycles. The van der Waals surface area contributed by atoms with Crippen LogP contribution in [0.3, 0.4) is 0 Å². The van der Waals surface area contributed by atoms with Gasteiger partial charge in [-0.05, 0) is 43.2 Å². The number of rotatable bonds is 5. The van der Waals surface area contributed by atoms with E-state index < -0.39 is 17.6 Å². The lowest BCUT2D eigenvalue weighted by Gasteiger charge is -2.15. The number of para-hydroxylation sites is 1. The van der Waals surface area contributed by atoms with E-state index in [2.05, 4.69) is 10.9 Å². The lowest BCUT2D eigenvalue weighted by Crippen LogP contribution is -2.34. The van der Waals surface area contributed by atoms with Gasteiger partial charge >= 0.3 is 6.18 Å². The van der Waals surface area contributed by atoms with Crippen LogP contribution in [-0.4, -0.2) is 12.5 Å². The molecule has 0 aliphatic carbocycles. The second kappa shape index (κ2) is 7.25. The Morgan fingerprint density at radius 2 is 1.83 bits per heavy atom. The lowest BCUT2D eigenvalue weighted by atomic mass is 10.1. The third-order valence-electron chi connectivity index (χ3n) is 3.27. The second-order valence-electron chi connectivity index (χ2n) is 5.27. The number of carbonyl (C=O) groups excluding carboxylic acids is 1. The molecule has 2 aromatic rings. The van der Waals surface area contributed by atoms with Gasteiger partial charge in [-0.1, -0.05) is 24.3 Å². The number of hydrogen-bond donors (Lipinski definition) is 2. The summed E-state index contributed by atoms with van der Waals surface area (Å²) in [6, 6.07) is 10.4. The van der Waals surface area contributed by atoms with E-state index in [1.807, 2.05) is 26.0 Å². The number of carbonyl (C=O) groups is 1. The third kappa shape index (κ3) is 4.65. The smallest absolute Gasteiger partial charge is 0.418 e. The van der Waals surface area contributed by atoms with Crippen molar-refractivity contribution in [1.82, 2.24) is 5.43 Å². The first-order valence-electron chi connectivity index (χ1n) is 7.18. The number of ether oxygens (including phenoxy) is 1. The molecule has 1 amide bonds. The molecule has 7 heteroatoms. The second-order valence-corrected chi connectivity index (χ2v) is 5.27. The normalized spacial score (nSPS) is 11.0. The summed E-state index contributed by atoms with van der Waals surface area (Å²) >= 11 is 0. The van der Waals surface area contributed by atoms with Crippen LogP contribution in [0, 0.1) is 13.8 Å². The van der Waals surface area contributed by atoms with Gasteiger partial charge < -0.3 is 4.74 Å². The molecule has 0 saturated heterocycles. The molecule has 0 bridgehead atoms. The summed E-state index contributed by atoms with van der Waals surface area (Å²) < 4.78 is 43.9. The molecule has 2 rings (SSSR count). The van der Waals surface area contributed by atoms with Crippen LogP contribution in [-0.2, 0) is 11.0 Å². The molecule has 0 radical (unpaired) electrons. The molecular formula is C17H17F3N2O2. The van der Waals surface area contributed by atoms with E-state index in [9.17, 15) is 18.0 Å². The standard InChI is InChI=1S/C17H17F3N2O2/c1-11-7-8-12(2)15(9-11)24-10-16(23)22-21-14-6-4-3-5-13(14)17(18,19)20/h3-9,21H,10H2,1-2H3,(H,22,23). The first-order valence-corrected chi connectivity index (χ1v) is 7.18. The van der Waals surface area contributed by atoms with E-state index in [0.717, 1.165) is 17.2 Å². The highest BCUT2D eigenvalue weighted by molar-refractivity contribution is 5.79. The largest absolute Gasteiger partial charge is 0.483 e. The average Bonchev–Trinajstić information content (AvgIpc) is 2.53. The van der Waals surface area contributed by atoms with Gasteiger partial charge in [0.1, 0.15) is 5.75 Å². The van der Waals surface area contributed by atoms with Gasteiger partial charge in [-0.3, -0.25) is 15.6 Å². The Morgan fingerprint density at radius 3 is 2.54 bits per heavy atom.